The van der Waals surface area contributed by atoms with Crippen LogP contribution in [0.2, 0.25) is 0 Å². The number of furan rings is 1. The summed E-state index contributed by atoms with van der Waals surface area (Å²) in [6, 6.07) is 2.82. The summed E-state index contributed by atoms with van der Waals surface area (Å²) < 4.78 is 5.01. The lowest BCUT2D eigenvalue weighted by Crippen LogP contribution is -2.36. The highest BCUT2D eigenvalue weighted by Gasteiger charge is 2.16. The van der Waals surface area contributed by atoms with Gasteiger partial charge in [0, 0.05) is 6.42 Å². The van der Waals surface area contributed by atoms with Gasteiger partial charge in [-0.1, -0.05) is 25.7 Å². The van der Waals surface area contributed by atoms with E-state index in [1.807, 2.05) is 0 Å². The number of carboxylic acid groups (broad SMARTS) is 1. The van der Waals surface area contributed by atoms with E-state index >= 15 is 0 Å². The second-order valence-corrected chi connectivity index (χ2v) is 5.81. The monoisotopic (exact) mass is 322 g/mol. The molecule has 1 aliphatic carbocycles. The normalized spacial score (nSPS) is 14.6. The molecule has 0 aromatic carbocycles. The molecule has 0 saturated heterocycles. The lowest BCUT2D eigenvalue weighted by atomic mass is 10.0. The number of hydrogen-bond acceptors (Lipinski definition) is 4. The largest absolute Gasteiger partial charge is 0.475 e. The molecule has 7 nitrogen and oxygen atoms in total. The van der Waals surface area contributed by atoms with Gasteiger partial charge in [0.2, 0.25) is 17.6 Å². The van der Waals surface area contributed by atoms with Gasteiger partial charge in [-0.25, -0.2) is 4.79 Å². The van der Waals surface area contributed by atoms with E-state index in [0.29, 0.717) is 18.1 Å². The van der Waals surface area contributed by atoms with Gasteiger partial charge in [-0.2, -0.15) is 0 Å². The highest BCUT2D eigenvalue weighted by atomic mass is 16.4. The van der Waals surface area contributed by atoms with Crippen LogP contribution in [0.15, 0.2) is 16.5 Å². The Morgan fingerprint density at radius 1 is 1.13 bits per heavy atom. The maximum Gasteiger partial charge on any atom is 0.371 e. The summed E-state index contributed by atoms with van der Waals surface area (Å²) in [5.74, 6) is -0.780. The SMILES string of the molecule is O=C(CCC1CCCC1)NCC(=O)NCc1ccc(C(=O)O)o1. The summed E-state index contributed by atoms with van der Waals surface area (Å²) in [4.78, 5) is 34.0. The quantitative estimate of drug-likeness (QED) is 0.675. The Bertz CT molecular complexity index is 561. The molecule has 1 aromatic rings. The number of nitrogens with one attached hydrogen (secondary N) is 2. The van der Waals surface area contributed by atoms with Gasteiger partial charge in [-0.3, -0.25) is 9.59 Å². The number of carboxylic acids is 1. The summed E-state index contributed by atoms with van der Waals surface area (Å²) in [5, 5.41) is 13.9. The van der Waals surface area contributed by atoms with Crippen LogP contribution >= 0.6 is 0 Å². The molecule has 0 radical (unpaired) electrons. The molecule has 1 saturated carbocycles. The summed E-state index contributed by atoms with van der Waals surface area (Å²) in [5.41, 5.74) is 0. The van der Waals surface area contributed by atoms with E-state index in [4.69, 9.17) is 9.52 Å². The van der Waals surface area contributed by atoms with Crippen molar-refractivity contribution >= 4 is 17.8 Å². The minimum Gasteiger partial charge on any atom is -0.475 e. The molecule has 2 rings (SSSR count). The van der Waals surface area contributed by atoms with E-state index in [-0.39, 0.29) is 30.7 Å². The first-order chi connectivity index (χ1) is 11.0. The third-order valence-electron chi connectivity index (χ3n) is 4.03. The Kier molecular flexibility index (Phi) is 6.19. The molecule has 2 amide bonds. The van der Waals surface area contributed by atoms with E-state index in [1.54, 1.807) is 0 Å². The first-order valence-corrected chi connectivity index (χ1v) is 7.90. The average Bonchev–Trinajstić information content (AvgIpc) is 3.19. The lowest BCUT2D eigenvalue weighted by Gasteiger charge is -2.09. The van der Waals surface area contributed by atoms with Crippen LogP contribution in [-0.4, -0.2) is 29.4 Å². The predicted molar refractivity (Wildman–Crippen MR) is 81.7 cm³/mol. The van der Waals surface area contributed by atoms with Gasteiger partial charge >= 0.3 is 5.97 Å². The van der Waals surface area contributed by atoms with Crippen LogP contribution in [-0.2, 0) is 16.1 Å². The molecule has 1 aromatic heterocycles. The van der Waals surface area contributed by atoms with Crippen molar-refractivity contribution in [1.29, 1.82) is 0 Å². The number of aromatic carboxylic acids is 1. The molecule has 0 bridgehead atoms. The van der Waals surface area contributed by atoms with Crippen molar-refractivity contribution in [2.24, 2.45) is 5.92 Å². The molecule has 0 atom stereocenters. The maximum absolute atomic E-state index is 11.7. The third kappa shape index (κ3) is 5.77. The van der Waals surface area contributed by atoms with Crippen LogP contribution in [0.4, 0.5) is 0 Å². The van der Waals surface area contributed by atoms with Gasteiger partial charge in [0.1, 0.15) is 5.76 Å². The molecule has 1 fully saturated rings. The molecule has 0 unspecified atom stereocenters. The Morgan fingerprint density at radius 3 is 2.52 bits per heavy atom. The summed E-state index contributed by atoms with van der Waals surface area (Å²) in [7, 11) is 0. The molecule has 3 N–H and O–H groups in total. The number of hydrogen-bond donors (Lipinski definition) is 3. The van der Waals surface area contributed by atoms with E-state index in [1.165, 1.54) is 37.8 Å². The average molecular weight is 322 g/mol. The molecule has 0 spiro atoms. The first kappa shape index (κ1) is 17.1. The van der Waals surface area contributed by atoms with Crippen molar-refractivity contribution in [3.8, 4) is 0 Å². The van der Waals surface area contributed by atoms with E-state index in [0.717, 1.165) is 6.42 Å². The van der Waals surface area contributed by atoms with E-state index in [2.05, 4.69) is 10.6 Å². The van der Waals surface area contributed by atoms with Gasteiger partial charge in [-0.15, -0.1) is 0 Å². The first-order valence-electron chi connectivity index (χ1n) is 7.90. The second kappa shape index (κ2) is 8.36. The number of carbonyl (C=O) groups is 3. The third-order valence-corrected chi connectivity index (χ3v) is 4.03. The Labute approximate surface area is 134 Å². The van der Waals surface area contributed by atoms with Crippen LogP contribution < -0.4 is 10.6 Å². The van der Waals surface area contributed by atoms with Crippen LogP contribution in [0.5, 0.6) is 0 Å². The minimum absolute atomic E-state index is 0.0873. The Balaban J connectivity index is 1.60. The van der Waals surface area contributed by atoms with Crippen molar-refractivity contribution < 1.29 is 23.9 Å². The molecular weight excluding hydrogens is 300 g/mol. The van der Waals surface area contributed by atoms with Crippen molar-refractivity contribution in [3.05, 3.63) is 23.7 Å². The number of carbonyl (C=O) groups excluding carboxylic acids is 2. The predicted octanol–water partition coefficient (Wildman–Crippen LogP) is 1.68. The molecule has 1 aliphatic rings. The van der Waals surface area contributed by atoms with Crippen LogP contribution in [0.3, 0.4) is 0 Å². The van der Waals surface area contributed by atoms with Crippen molar-refractivity contribution in [1.82, 2.24) is 10.6 Å². The van der Waals surface area contributed by atoms with E-state index in [9.17, 15) is 14.4 Å². The summed E-state index contributed by atoms with van der Waals surface area (Å²) in [6.07, 6.45) is 6.26. The molecule has 23 heavy (non-hydrogen) atoms. The zero-order chi connectivity index (χ0) is 16.7. The van der Waals surface area contributed by atoms with Crippen LogP contribution in [0, 0.1) is 5.92 Å². The molecular formula is C16H22N2O5. The number of amides is 2. The molecule has 1 heterocycles. The van der Waals surface area contributed by atoms with Crippen LogP contribution in [0.1, 0.15) is 54.8 Å². The highest BCUT2D eigenvalue weighted by Crippen LogP contribution is 2.28. The molecule has 0 aliphatic heterocycles. The van der Waals surface area contributed by atoms with Gasteiger partial charge in [0.05, 0.1) is 13.1 Å². The maximum atomic E-state index is 11.7. The second-order valence-electron chi connectivity index (χ2n) is 5.81. The zero-order valence-electron chi connectivity index (χ0n) is 13.0. The number of rotatable bonds is 8. The van der Waals surface area contributed by atoms with Gasteiger partial charge in [0.15, 0.2) is 0 Å². The minimum atomic E-state index is -1.16. The summed E-state index contributed by atoms with van der Waals surface area (Å²) in [6.45, 7) is 0.0000537. The summed E-state index contributed by atoms with van der Waals surface area (Å²) >= 11 is 0. The Morgan fingerprint density at radius 2 is 1.87 bits per heavy atom. The van der Waals surface area contributed by atoms with E-state index < -0.39 is 5.97 Å². The standard InChI is InChI=1S/C16H22N2O5/c19-14(8-5-11-3-1-2-4-11)18-10-15(20)17-9-12-6-7-13(23-12)16(21)22/h6-7,11H,1-5,8-10H2,(H,17,20)(H,18,19)(H,21,22). The van der Waals surface area contributed by atoms with Gasteiger partial charge < -0.3 is 20.2 Å². The van der Waals surface area contributed by atoms with Crippen molar-refractivity contribution in [2.45, 2.75) is 45.1 Å². The highest BCUT2D eigenvalue weighted by molar-refractivity contribution is 5.85. The fraction of sp³-hybridized carbons (Fsp3) is 0.562. The van der Waals surface area contributed by atoms with Crippen molar-refractivity contribution in [3.63, 3.8) is 0 Å². The fourth-order valence-electron chi connectivity index (χ4n) is 2.74. The fourth-order valence-corrected chi connectivity index (χ4v) is 2.74. The van der Waals surface area contributed by atoms with Crippen LogP contribution in [0.25, 0.3) is 0 Å². The smallest absolute Gasteiger partial charge is 0.371 e. The van der Waals surface area contributed by atoms with Crippen molar-refractivity contribution in [2.75, 3.05) is 6.54 Å². The topological polar surface area (TPSA) is 109 Å². The van der Waals surface area contributed by atoms with Gasteiger partial charge in [-0.05, 0) is 24.5 Å². The zero-order valence-corrected chi connectivity index (χ0v) is 13.0. The molecule has 7 heteroatoms. The Hall–Kier alpha value is -2.31. The molecule has 126 valence electrons. The lowest BCUT2D eigenvalue weighted by molar-refractivity contribution is -0.126. The van der Waals surface area contributed by atoms with Gasteiger partial charge in [0.25, 0.3) is 0 Å².